The van der Waals surface area contributed by atoms with Crippen molar-refractivity contribution in [3.05, 3.63) is 59.1 Å². The lowest BCUT2D eigenvalue weighted by atomic mass is 10.2. The Morgan fingerprint density at radius 1 is 1.13 bits per heavy atom. The average Bonchev–Trinajstić information content (AvgIpc) is 2.97. The third kappa shape index (κ3) is 3.40. The van der Waals surface area contributed by atoms with E-state index in [-0.39, 0.29) is 4.90 Å². The molecule has 0 saturated carbocycles. The maximum Gasteiger partial charge on any atom is 0.276 e. The van der Waals surface area contributed by atoms with E-state index in [1.807, 2.05) is 31.2 Å². The molecule has 2 aromatic carbocycles. The SMILES string of the molecule is C/C(=N/NS(=O)(=O)c1ccc(C)cc1)c1nc2ccccc2s1. The minimum absolute atomic E-state index is 0.184. The zero-order valence-corrected chi connectivity index (χ0v) is 14.3. The van der Waals surface area contributed by atoms with Crippen LogP contribution in [0, 0.1) is 6.92 Å². The number of aryl methyl sites for hydroxylation is 1. The highest BCUT2D eigenvalue weighted by molar-refractivity contribution is 7.89. The van der Waals surface area contributed by atoms with Crippen LogP contribution in [0.25, 0.3) is 10.2 Å². The van der Waals surface area contributed by atoms with E-state index < -0.39 is 10.0 Å². The summed E-state index contributed by atoms with van der Waals surface area (Å²) in [6.45, 7) is 3.63. The predicted molar refractivity (Wildman–Crippen MR) is 93.3 cm³/mol. The summed E-state index contributed by atoms with van der Waals surface area (Å²) in [6, 6.07) is 14.4. The molecule has 0 amide bonds. The lowest BCUT2D eigenvalue weighted by Crippen LogP contribution is -2.19. The highest BCUT2D eigenvalue weighted by Gasteiger charge is 2.13. The number of rotatable bonds is 4. The van der Waals surface area contributed by atoms with Crippen molar-refractivity contribution in [3.8, 4) is 0 Å². The van der Waals surface area contributed by atoms with Gasteiger partial charge in [-0.3, -0.25) is 0 Å². The molecular formula is C16H15N3O2S2. The number of nitrogens with zero attached hydrogens (tertiary/aromatic N) is 2. The van der Waals surface area contributed by atoms with Crippen LogP contribution in [0.5, 0.6) is 0 Å². The molecular weight excluding hydrogens is 330 g/mol. The van der Waals surface area contributed by atoms with E-state index >= 15 is 0 Å². The van der Waals surface area contributed by atoms with Crippen LogP contribution in [-0.4, -0.2) is 19.1 Å². The number of hydrogen-bond donors (Lipinski definition) is 1. The summed E-state index contributed by atoms with van der Waals surface area (Å²) in [4.78, 5) is 6.90. The van der Waals surface area contributed by atoms with Crippen LogP contribution in [0.15, 0.2) is 58.5 Å². The topological polar surface area (TPSA) is 71.4 Å². The maximum atomic E-state index is 12.2. The van der Waals surface area contributed by atoms with Gasteiger partial charge in [0.1, 0.15) is 5.01 Å². The second kappa shape index (κ2) is 6.10. The van der Waals surface area contributed by atoms with Crippen LogP contribution in [0.1, 0.15) is 17.5 Å². The molecule has 23 heavy (non-hydrogen) atoms. The molecule has 0 bridgehead atoms. The largest absolute Gasteiger partial charge is 0.276 e. The van der Waals surface area contributed by atoms with E-state index in [1.54, 1.807) is 31.2 Å². The number of aromatic nitrogens is 1. The van der Waals surface area contributed by atoms with E-state index in [2.05, 4.69) is 14.9 Å². The molecule has 1 aromatic heterocycles. The van der Waals surface area contributed by atoms with Gasteiger partial charge in [-0.05, 0) is 38.1 Å². The van der Waals surface area contributed by atoms with Gasteiger partial charge in [0.25, 0.3) is 10.0 Å². The molecule has 7 heteroatoms. The Hall–Kier alpha value is -2.25. The van der Waals surface area contributed by atoms with E-state index in [0.29, 0.717) is 10.7 Å². The van der Waals surface area contributed by atoms with Gasteiger partial charge in [-0.15, -0.1) is 11.3 Å². The van der Waals surface area contributed by atoms with Crippen LogP contribution < -0.4 is 4.83 Å². The monoisotopic (exact) mass is 345 g/mol. The Balaban J connectivity index is 1.84. The summed E-state index contributed by atoms with van der Waals surface area (Å²) in [6.07, 6.45) is 0. The van der Waals surface area contributed by atoms with Crippen LogP contribution in [-0.2, 0) is 10.0 Å². The Bertz CT molecular complexity index is 941. The summed E-state index contributed by atoms with van der Waals surface area (Å²) < 4.78 is 25.5. The molecule has 0 aliphatic heterocycles. The van der Waals surface area contributed by atoms with Gasteiger partial charge in [0.2, 0.25) is 0 Å². The standard InChI is InChI=1S/C16H15N3O2S2/c1-11-7-9-13(10-8-11)23(20,21)19-18-12(2)16-17-14-5-3-4-6-15(14)22-16/h3-10,19H,1-2H3/b18-12-. The molecule has 0 radical (unpaired) electrons. The quantitative estimate of drug-likeness (QED) is 0.582. The molecule has 0 saturated heterocycles. The molecule has 118 valence electrons. The molecule has 0 unspecified atom stereocenters. The second-order valence-electron chi connectivity index (χ2n) is 5.09. The van der Waals surface area contributed by atoms with E-state index in [4.69, 9.17) is 0 Å². The summed E-state index contributed by atoms with van der Waals surface area (Å²) >= 11 is 1.48. The Kier molecular flexibility index (Phi) is 4.14. The molecule has 1 N–H and O–H groups in total. The van der Waals surface area contributed by atoms with Crippen LogP contribution in [0.4, 0.5) is 0 Å². The molecule has 0 atom stereocenters. The predicted octanol–water partition coefficient (Wildman–Crippen LogP) is 3.31. The fourth-order valence-corrected chi connectivity index (χ4v) is 3.74. The molecule has 1 heterocycles. The Labute approximate surface area is 138 Å². The Morgan fingerprint density at radius 3 is 2.52 bits per heavy atom. The number of benzene rings is 2. The van der Waals surface area contributed by atoms with Crippen molar-refractivity contribution in [3.63, 3.8) is 0 Å². The molecule has 0 aliphatic rings. The molecule has 0 fully saturated rings. The highest BCUT2D eigenvalue weighted by atomic mass is 32.2. The van der Waals surface area contributed by atoms with Crippen LogP contribution in [0.3, 0.4) is 0 Å². The number of hydrazone groups is 1. The zero-order valence-electron chi connectivity index (χ0n) is 12.6. The van der Waals surface area contributed by atoms with Gasteiger partial charge in [-0.25, -0.2) is 4.98 Å². The Morgan fingerprint density at radius 2 is 1.83 bits per heavy atom. The second-order valence-corrected chi connectivity index (χ2v) is 7.78. The van der Waals surface area contributed by atoms with Gasteiger partial charge in [-0.2, -0.15) is 18.4 Å². The first-order chi connectivity index (χ1) is 11.0. The van der Waals surface area contributed by atoms with Crippen molar-refractivity contribution in [2.24, 2.45) is 5.10 Å². The normalized spacial score (nSPS) is 12.5. The van der Waals surface area contributed by atoms with Crippen molar-refractivity contribution in [1.29, 1.82) is 0 Å². The number of sulfonamides is 1. The van der Waals surface area contributed by atoms with Gasteiger partial charge in [0, 0.05) is 0 Å². The number of fused-ring (bicyclic) bond motifs is 1. The summed E-state index contributed by atoms with van der Waals surface area (Å²) in [5.74, 6) is 0. The molecule has 5 nitrogen and oxygen atoms in total. The van der Waals surface area contributed by atoms with Gasteiger partial charge < -0.3 is 0 Å². The molecule has 3 aromatic rings. The maximum absolute atomic E-state index is 12.2. The lowest BCUT2D eigenvalue weighted by molar-refractivity contribution is 0.584. The number of hydrogen-bond acceptors (Lipinski definition) is 5. The van der Waals surface area contributed by atoms with Gasteiger partial charge in [0.15, 0.2) is 0 Å². The minimum atomic E-state index is -3.67. The van der Waals surface area contributed by atoms with Gasteiger partial charge in [0.05, 0.1) is 20.8 Å². The van der Waals surface area contributed by atoms with E-state index in [9.17, 15) is 8.42 Å². The number of para-hydroxylation sites is 1. The van der Waals surface area contributed by atoms with E-state index in [1.165, 1.54) is 11.3 Å². The fraction of sp³-hybridized carbons (Fsp3) is 0.125. The van der Waals surface area contributed by atoms with Gasteiger partial charge >= 0.3 is 0 Å². The number of nitrogens with one attached hydrogen (secondary N) is 1. The third-order valence-corrected chi connectivity index (χ3v) is 5.64. The zero-order chi connectivity index (χ0) is 16.4. The first-order valence-corrected chi connectivity index (χ1v) is 9.24. The molecule has 0 aliphatic carbocycles. The van der Waals surface area contributed by atoms with Crippen molar-refractivity contribution in [2.75, 3.05) is 0 Å². The lowest BCUT2D eigenvalue weighted by Gasteiger charge is -2.04. The average molecular weight is 345 g/mol. The smallest absolute Gasteiger partial charge is 0.235 e. The summed E-state index contributed by atoms with van der Waals surface area (Å²) in [7, 11) is -3.67. The first-order valence-electron chi connectivity index (χ1n) is 6.94. The van der Waals surface area contributed by atoms with Crippen LogP contribution in [0.2, 0.25) is 0 Å². The number of thiazole rings is 1. The summed E-state index contributed by atoms with van der Waals surface area (Å²) in [5.41, 5.74) is 2.41. The first kappa shape index (κ1) is 15.6. The van der Waals surface area contributed by atoms with E-state index in [0.717, 1.165) is 15.8 Å². The van der Waals surface area contributed by atoms with Crippen molar-refractivity contribution >= 4 is 37.3 Å². The third-order valence-electron chi connectivity index (χ3n) is 3.27. The molecule has 3 rings (SSSR count). The van der Waals surface area contributed by atoms with Gasteiger partial charge in [-0.1, -0.05) is 29.8 Å². The molecule has 0 spiro atoms. The van der Waals surface area contributed by atoms with Crippen LogP contribution >= 0.6 is 11.3 Å². The fourth-order valence-electron chi connectivity index (χ4n) is 1.97. The van der Waals surface area contributed by atoms with Crippen molar-refractivity contribution < 1.29 is 8.42 Å². The summed E-state index contributed by atoms with van der Waals surface area (Å²) in [5, 5.41) is 4.68. The minimum Gasteiger partial charge on any atom is -0.235 e. The van der Waals surface area contributed by atoms with Crippen molar-refractivity contribution in [1.82, 2.24) is 9.82 Å². The van der Waals surface area contributed by atoms with Crippen molar-refractivity contribution in [2.45, 2.75) is 18.7 Å². The highest BCUT2D eigenvalue weighted by Crippen LogP contribution is 2.22.